The molecule has 2 heterocycles. The van der Waals surface area contributed by atoms with Crippen LogP contribution in [0.4, 0.5) is 11.5 Å². The summed E-state index contributed by atoms with van der Waals surface area (Å²) in [6, 6.07) is 3.69. The molecule has 0 aliphatic heterocycles. The molecule has 0 radical (unpaired) electrons. The van der Waals surface area contributed by atoms with Crippen molar-refractivity contribution in [1.82, 2.24) is 14.8 Å². The summed E-state index contributed by atoms with van der Waals surface area (Å²) in [4.78, 5) is 16.2. The topological polar surface area (TPSA) is 85.8 Å². The van der Waals surface area contributed by atoms with Crippen molar-refractivity contribution >= 4 is 17.4 Å². The molecule has 18 heavy (non-hydrogen) atoms. The Morgan fingerprint density at radius 2 is 2.17 bits per heavy atom. The molecule has 2 rings (SSSR count). The molecule has 0 saturated heterocycles. The van der Waals surface area contributed by atoms with E-state index in [2.05, 4.69) is 15.4 Å². The minimum absolute atomic E-state index is 0.308. The second kappa shape index (κ2) is 4.48. The number of nitrogen functional groups attached to an aromatic ring is 1. The maximum Gasteiger partial charge on any atom is 0.277 e. The van der Waals surface area contributed by atoms with Gasteiger partial charge in [-0.05, 0) is 25.5 Å². The highest BCUT2D eigenvalue weighted by atomic mass is 16.2. The SMILES string of the molecule is Cc1cccnc1NC(=O)c1c(N)c(C)nn1C. The van der Waals surface area contributed by atoms with E-state index in [1.54, 1.807) is 20.2 Å². The minimum Gasteiger partial charge on any atom is -0.395 e. The highest BCUT2D eigenvalue weighted by Gasteiger charge is 2.18. The van der Waals surface area contributed by atoms with E-state index in [-0.39, 0.29) is 5.91 Å². The summed E-state index contributed by atoms with van der Waals surface area (Å²) >= 11 is 0. The van der Waals surface area contributed by atoms with Crippen LogP contribution in [0.5, 0.6) is 0 Å². The lowest BCUT2D eigenvalue weighted by Crippen LogP contribution is -2.18. The Morgan fingerprint density at radius 3 is 2.72 bits per heavy atom. The van der Waals surface area contributed by atoms with Crippen molar-refractivity contribution in [3.63, 3.8) is 0 Å². The molecule has 0 unspecified atom stereocenters. The molecule has 0 aliphatic carbocycles. The van der Waals surface area contributed by atoms with Gasteiger partial charge < -0.3 is 11.1 Å². The molecule has 0 aromatic carbocycles. The number of carbonyl (C=O) groups excluding carboxylic acids is 1. The quantitative estimate of drug-likeness (QED) is 0.834. The van der Waals surface area contributed by atoms with Crippen LogP contribution in [0, 0.1) is 13.8 Å². The fourth-order valence-electron chi connectivity index (χ4n) is 1.73. The first-order valence-electron chi connectivity index (χ1n) is 5.52. The van der Waals surface area contributed by atoms with Crippen LogP contribution >= 0.6 is 0 Å². The zero-order valence-corrected chi connectivity index (χ0v) is 10.6. The number of nitrogens with one attached hydrogen (secondary N) is 1. The van der Waals surface area contributed by atoms with E-state index in [9.17, 15) is 4.79 Å². The Hall–Kier alpha value is -2.37. The molecule has 1 amide bonds. The Bertz CT molecular complexity index is 603. The van der Waals surface area contributed by atoms with Crippen molar-refractivity contribution in [2.45, 2.75) is 13.8 Å². The highest BCUT2D eigenvalue weighted by Crippen LogP contribution is 2.17. The zero-order valence-electron chi connectivity index (χ0n) is 10.6. The van der Waals surface area contributed by atoms with E-state index < -0.39 is 0 Å². The third kappa shape index (κ3) is 2.04. The molecule has 3 N–H and O–H groups in total. The third-order valence-electron chi connectivity index (χ3n) is 2.72. The van der Waals surface area contributed by atoms with Crippen LogP contribution in [0.2, 0.25) is 0 Å². The van der Waals surface area contributed by atoms with E-state index in [0.29, 0.717) is 22.9 Å². The lowest BCUT2D eigenvalue weighted by Gasteiger charge is -2.07. The van der Waals surface area contributed by atoms with Gasteiger partial charge >= 0.3 is 0 Å². The van der Waals surface area contributed by atoms with Crippen molar-refractivity contribution in [2.24, 2.45) is 7.05 Å². The summed E-state index contributed by atoms with van der Waals surface area (Å²) < 4.78 is 1.47. The number of hydrogen-bond acceptors (Lipinski definition) is 4. The number of rotatable bonds is 2. The summed E-state index contributed by atoms with van der Waals surface area (Å²) in [6.07, 6.45) is 1.63. The van der Waals surface area contributed by atoms with Gasteiger partial charge in [0.05, 0.1) is 11.4 Å². The Balaban J connectivity index is 2.31. The molecule has 0 saturated carbocycles. The largest absolute Gasteiger partial charge is 0.395 e. The number of pyridine rings is 1. The average molecular weight is 245 g/mol. The van der Waals surface area contributed by atoms with Gasteiger partial charge in [-0.3, -0.25) is 9.48 Å². The monoisotopic (exact) mass is 245 g/mol. The van der Waals surface area contributed by atoms with E-state index in [4.69, 9.17) is 5.73 Å². The van der Waals surface area contributed by atoms with E-state index in [1.807, 2.05) is 19.1 Å². The molecule has 94 valence electrons. The number of nitrogens with two attached hydrogens (primary N) is 1. The first kappa shape index (κ1) is 12.1. The number of carbonyl (C=O) groups is 1. The Morgan fingerprint density at radius 1 is 1.44 bits per heavy atom. The zero-order chi connectivity index (χ0) is 13.3. The predicted octanol–water partition coefficient (Wildman–Crippen LogP) is 1.27. The fourth-order valence-corrected chi connectivity index (χ4v) is 1.73. The summed E-state index contributed by atoms with van der Waals surface area (Å²) in [5.41, 5.74) is 8.10. The molecule has 0 bridgehead atoms. The van der Waals surface area contributed by atoms with Gasteiger partial charge in [0.2, 0.25) is 0 Å². The first-order chi connectivity index (χ1) is 8.50. The number of aryl methyl sites for hydroxylation is 3. The van der Waals surface area contributed by atoms with Gasteiger partial charge in [-0.15, -0.1) is 0 Å². The van der Waals surface area contributed by atoms with Crippen LogP contribution < -0.4 is 11.1 Å². The number of nitrogens with zero attached hydrogens (tertiary/aromatic N) is 3. The van der Waals surface area contributed by atoms with Gasteiger partial charge in [0.1, 0.15) is 11.5 Å². The minimum atomic E-state index is -0.308. The van der Waals surface area contributed by atoms with Crippen LogP contribution in [-0.4, -0.2) is 20.7 Å². The molecule has 0 atom stereocenters. The van der Waals surface area contributed by atoms with Crippen LogP contribution in [0.1, 0.15) is 21.7 Å². The van der Waals surface area contributed by atoms with Crippen LogP contribution in [0.25, 0.3) is 0 Å². The molecular formula is C12H15N5O. The van der Waals surface area contributed by atoms with Gasteiger partial charge in [0.15, 0.2) is 0 Å². The standard InChI is InChI=1S/C12H15N5O/c1-7-5-4-6-14-11(7)15-12(18)10-9(13)8(2)16-17(10)3/h4-6H,13H2,1-3H3,(H,14,15,18). The lowest BCUT2D eigenvalue weighted by molar-refractivity contribution is 0.101. The normalized spacial score (nSPS) is 10.4. The van der Waals surface area contributed by atoms with Crippen molar-refractivity contribution in [1.29, 1.82) is 0 Å². The van der Waals surface area contributed by atoms with Crippen molar-refractivity contribution in [2.75, 3.05) is 11.1 Å². The van der Waals surface area contributed by atoms with Crippen LogP contribution in [0.15, 0.2) is 18.3 Å². The van der Waals surface area contributed by atoms with E-state index >= 15 is 0 Å². The second-order valence-electron chi connectivity index (χ2n) is 4.09. The van der Waals surface area contributed by atoms with Crippen LogP contribution in [-0.2, 0) is 7.05 Å². The average Bonchev–Trinajstić information content (AvgIpc) is 2.56. The molecule has 0 aliphatic rings. The highest BCUT2D eigenvalue weighted by molar-refractivity contribution is 6.06. The molecule has 6 heteroatoms. The molecule has 0 fully saturated rings. The number of hydrogen-bond donors (Lipinski definition) is 2. The molecule has 6 nitrogen and oxygen atoms in total. The maximum absolute atomic E-state index is 12.1. The maximum atomic E-state index is 12.1. The summed E-state index contributed by atoms with van der Waals surface area (Å²) in [5.74, 6) is 0.221. The predicted molar refractivity (Wildman–Crippen MR) is 69.3 cm³/mol. The fraction of sp³-hybridized carbons (Fsp3) is 0.250. The number of aromatic nitrogens is 3. The second-order valence-corrected chi connectivity index (χ2v) is 4.09. The molecular weight excluding hydrogens is 230 g/mol. The summed E-state index contributed by atoms with van der Waals surface area (Å²) in [6.45, 7) is 3.64. The molecule has 2 aromatic heterocycles. The number of amides is 1. The van der Waals surface area contributed by atoms with Gasteiger partial charge in [-0.1, -0.05) is 6.07 Å². The van der Waals surface area contributed by atoms with E-state index in [1.165, 1.54) is 4.68 Å². The molecule has 2 aromatic rings. The van der Waals surface area contributed by atoms with Gasteiger partial charge in [-0.2, -0.15) is 5.10 Å². The third-order valence-corrected chi connectivity index (χ3v) is 2.72. The van der Waals surface area contributed by atoms with E-state index in [0.717, 1.165) is 5.56 Å². The molecule has 0 spiro atoms. The van der Waals surface area contributed by atoms with Crippen molar-refractivity contribution in [3.8, 4) is 0 Å². The van der Waals surface area contributed by atoms with Crippen molar-refractivity contribution < 1.29 is 4.79 Å². The Labute approximate surface area is 105 Å². The first-order valence-corrected chi connectivity index (χ1v) is 5.52. The number of anilines is 2. The lowest BCUT2D eigenvalue weighted by atomic mass is 10.2. The summed E-state index contributed by atoms with van der Waals surface area (Å²) in [7, 11) is 1.68. The summed E-state index contributed by atoms with van der Waals surface area (Å²) in [5, 5.41) is 6.84. The van der Waals surface area contributed by atoms with Gasteiger partial charge in [-0.25, -0.2) is 4.98 Å². The Kier molecular flexibility index (Phi) is 3.01. The van der Waals surface area contributed by atoms with Gasteiger partial charge in [0.25, 0.3) is 5.91 Å². The smallest absolute Gasteiger partial charge is 0.277 e. The van der Waals surface area contributed by atoms with Gasteiger partial charge in [0, 0.05) is 13.2 Å². The van der Waals surface area contributed by atoms with Crippen molar-refractivity contribution in [3.05, 3.63) is 35.3 Å². The van der Waals surface area contributed by atoms with Crippen LogP contribution in [0.3, 0.4) is 0 Å².